The molecular weight excluding hydrogens is 398 g/mol. The summed E-state index contributed by atoms with van der Waals surface area (Å²) < 4.78 is 7.46. The maximum atomic E-state index is 12.4. The third kappa shape index (κ3) is 3.73. The smallest absolute Gasteiger partial charge is 0.258 e. The van der Waals surface area contributed by atoms with E-state index >= 15 is 0 Å². The van der Waals surface area contributed by atoms with E-state index in [4.69, 9.17) is 4.74 Å². The molecule has 0 aliphatic heterocycles. The van der Waals surface area contributed by atoms with Crippen molar-refractivity contribution in [3.05, 3.63) is 77.4 Å². The van der Waals surface area contributed by atoms with Crippen LogP contribution in [-0.4, -0.2) is 31.8 Å². The second-order valence-electron chi connectivity index (χ2n) is 6.63. The molecule has 0 aliphatic carbocycles. The average Bonchev–Trinajstić information content (AvgIpc) is 3.16. The first-order valence-electron chi connectivity index (χ1n) is 9.45. The van der Waals surface area contributed by atoms with Gasteiger partial charge in [-0.25, -0.2) is 4.98 Å². The molecule has 1 N–H and O–H groups in total. The van der Waals surface area contributed by atoms with Crippen molar-refractivity contribution in [1.29, 1.82) is 0 Å². The fourth-order valence-electron chi connectivity index (χ4n) is 3.21. The van der Waals surface area contributed by atoms with Crippen LogP contribution in [0, 0.1) is 0 Å². The summed E-state index contributed by atoms with van der Waals surface area (Å²) in [4.78, 5) is 19.9. The molecule has 2 aromatic heterocycles. The van der Waals surface area contributed by atoms with Crippen molar-refractivity contribution in [2.45, 2.75) is 23.9 Å². The van der Waals surface area contributed by atoms with Crippen molar-refractivity contribution in [3.8, 4) is 17.1 Å². The molecule has 0 aliphatic rings. The molecule has 152 valence electrons. The van der Waals surface area contributed by atoms with Gasteiger partial charge in [-0.3, -0.25) is 9.36 Å². The number of methoxy groups -OCH3 is 1. The number of nitrogens with zero attached hydrogens (tertiary/aromatic N) is 4. The number of ether oxygens (including phenoxy) is 1. The number of hydrogen-bond acceptors (Lipinski definition) is 6. The van der Waals surface area contributed by atoms with Gasteiger partial charge in [0.15, 0.2) is 11.0 Å². The Balaban J connectivity index is 1.70. The van der Waals surface area contributed by atoms with Gasteiger partial charge in [0.25, 0.3) is 5.56 Å². The van der Waals surface area contributed by atoms with Crippen LogP contribution in [0.2, 0.25) is 0 Å². The maximum absolute atomic E-state index is 12.4. The fraction of sp³-hybridized carbons (Fsp3) is 0.182. The Hall–Kier alpha value is -3.39. The van der Waals surface area contributed by atoms with Crippen molar-refractivity contribution < 1.29 is 4.74 Å². The predicted molar refractivity (Wildman–Crippen MR) is 119 cm³/mol. The third-order valence-electron chi connectivity index (χ3n) is 4.67. The van der Waals surface area contributed by atoms with Gasteiger partial charge in [-0.1, -0.05) is 42.1 Å². The number of thioether (sulfide) groups is 1. The molecule has 0 unspecified atom stereocenters. The first kappa shape index (κ1) is 19.9. The van der Waals surface area contributed by atoms with E-state index < -0.39 is 0 Å². The summed E-state index contributed by atoms with van der Waals surface area (Å²) in [5, 5.41) is 9.93. The lowest BCUT2D eigenvalue weighted by atomic mass is 10.2. The van der Waals surface area contributed by atoms with Gasteiger partial charge in [0.1, 0.15) is 11.6 Å². The quantitative estimate of drug-likeness (QED) is 0.356. The number of fused-ring (bicyclic) bond motifs is 1. The zero-order valence-electron chi connectivity index (χ0n) is 16.7. The van der Waals surface area contributed by atoms with Gasteiger partial charge in [0.2, 0.25) is 0 Å². The standard InChI is InChI=1S/C22H21N5O2S/c1-4-13-27-20(16-10-6-8-12-18(16)29-3)25-26-22(27)30-14(2)19-23-17-11-7-5-9-15(17)21(28)24-19/h4-12,14H,1,13H2,2-3H3,(H,23,24,28)/t14-/m1/s1. The first-order valence-corrected chi connectivity index (χ1v) is 10.3. The normalized spacial score (nSPS) is 12.1. The Bertz CT molecular complexity index is 1260. The Labute approximate surface area is 177 Å². The molecule has 1 atom stereocenters. The molecule has 4 rings (SSSR count). The number of aromatic amines is 1. The van der Waals surface area contributed by atoms with E-state index in [1.165, 1.54) is 11.8 Å². The highest BCUT2D eigenvalue weighted by molar-refractivity contribution is 7.99. The lowest BCUT2D eigenvalue weighted by Crippen LogP contribution is -2.13. The van der Waals surface area contributed by atoms with Crippen LogP contribution in [0.4, 0.5) is 0 Å². The molecule has 0 amide bonds. The van der Waals surface area contributed by atoms with E-state index in [0.717, 1.165) is 11.3 Å². The van der Waals surface area contributed by atoms with E-state index in [1.54, 1.807) is 19.3 Å². The largest absolute Gasteiger partial charge is 0.496 e. The zero-order chi connectivity index (χ0) is 21.1. The highest BCUT2D eigenvalue weighted by atomic mass is 32.2. The summed E-state index contributed by atoms with van der Waals surface area (Å²) in [6, 6.07) is 15.0. The van der Waals surface area contributed by atoms with Gasteiger partial charge in [-0.15, -0.1) is 16.8 Å². The Kier molecular flexibility index (Phi) is 5.67. The third-order valence-corrected chi connectivity index (χ3v) is 5.76. The van der Waals surface area contributed by atoms with Crippen LogP contribution in [0.1, 0.15) is 18.0 Å². The molecule has 0 radical (unpaired) electrons. The van der Waals surface area contributed by atoms with E-state index in [9.17, 15) is 4.79 Å². The summed E-state index contributed by atoms with van der Waals surface area (Å²) in [6.45, 7) is 6.38. The lowest BCUT2D eigenvalue weighted by Gasteiger charge is -2.13. The minimum Gasteiger partial charge on any atom is -0.496 e. The van der Waals surface area contributed by atoms with Crippen LogP contribution in [0.15, 0.2) is 71.1 Å². The van der Waals surface area contributed by atoms with Gasteiger partial charge in [0, 0.05) is 6.54 Å². The molecule has 2 aromatic carbocycles. The molecule has 7 nitrogen and oxygen atoms in total. The van der Waals surface area contributed by atoms with Crippen molar-refractivity contribution >= 4 is 22.7 Å². The number of benzene rings is 2. The molecular formula is C22H21N5O2S. The van der Waals surface area contributed by atoms with Crippen LogP contribution in [-0.2, 0) is 6.54 Å². The van der Waals surface area contributed by atoms with Gasteiger partial charge in [0.05, 0.1) is 28.8 Å². The second-order valence-corrected chi connectivity index (χ2v) is 7.94. The minimum atomic E-state index is -0.148. The van der Waals surface area contributed by atoms with Crippen LogP contribution in [0.5, 0.6) is 5.75 Å². The van der Waals surface area contributed by atoms with Crippen molar-refractivity contribution in [2.75, 3.05) is 7.11 Å². The highest BCUT2D eigenvalue weighted by Gasteiger charge is 2.20. The van der Waals surface area contributed by atoms with Gasteiger partial charge < -0.3 is 9.72 Å². The van der Waals surface area contributed by atoms with Crippen LogP contribution >= 0.6 is 11.8 Å². The Morgan fingerprint density at radius 3 is 2.77 bits per heavy atom. The van der Waals surface area contributed by atoms with E-state index in [1.807, 2.05) is 54.0 Å². The summed E-state index contributed by atoms with van der Waals surface area (Å²) >= 11 is 1.48. The van der Waals surface area contributed by atoms with Gasteiger partial charge in [-0.05, 0) is 31.2 Å². The SMILES string of the molecule is C=CCn1c(S[C@H](C)c2nc3ccccc3c(=O)[nH]2)nnc1-c1ccccc1OC. The summed E-state index contributed by atoms with van der Waals surface area (Å²) in [7, 11) is 1.63. The number of allylic oxidation sites excluding steroid dienone is 1. The molecule has 4 aromatic rings. The molecule has 0 saturated heterocycles. The fourth-order valence-corrected chi connectivity index (χ4v) is 4.12. The van der Waals surface area contributed by atoms with Crippen LogP contribution in [0.25, 0.3) is 22.3 Å². The van der Waals surface area contributed by atoms with Gasteiger partial charge in [-0.2, -0.15) is 0 Å². The van der Waals surface area contributed by atoms with Crippen molar-refractivity contribution in [2.24, 2.45) is 0 Å². The van der Waals surface area contributed by atoms with Crippen LogP contribution < -0.4 is 10.3 Å². The summed E-state index contributed by atoms with van der Waals surface area (Å²) in [5.41, 5.74) is 1.38. The molecule has 0 saturated carbocycles. The first-order chi connectivity index (χ1) is 14.6. The summed E-state index contributed by atoms with van der Waals surface area (Å²) in [6.07, 6.45) is 1.80. The van der Waals surface area contributed by atoms with E-state index in [2.05, 4.69) is 26.7 Å². The summed E-state index contributed by atoms with van der Waals surface area (Å²) in [5.74, 6) is 2.01. The van der Waals surface area contributed by atoms with Crippen molar-refractivity contribution in [3.63, 3.8) is 0 Å². The number of H-pyrrole nitrogens is 1. The van der Waals surface area contributed by atoms with Crippen LogP contribution in [0.3, 0.4) is 0 Å². The number of hydrogen-bond donors (Lipinski definition) is 1. The lowest BCUT2D eigenvalue weighted by molar-refractivity contribution is 0.416. The maximum Gasteiger partial charge on any atom is 0.258 e. The second kappa shape index (κ2) is 8.54. The highest BCUT2D eigenvalue weighted by Crippen LogP contribution is 2.36. The topological polar surface area (TPSA) is 85.7 Å². The average molecular weight is 420 g/mol. The van der Waals surface area contributed by atoms with E-state index in [-0.39, 0.29) is 10.8 Å². The molecule has 8 heteroatoms. The van der Waals surface area contributed by atoms with Gasteiger partial charge >= 0.3 is 0 Å². The molecule has 0 bridgehead atoms. The number of para-hydroxylation sites is 2. The monoisotopic (exact) mass is 419 g/mol. The predicted octanol–water partition coefficient (Wildman–Crippen LogP) is 4.23. The molecule has 30 heavy (non-hydrogen) atoms. The number of aromatic nitrogens is 5. The minimum absolute atomic E-state index is 0.138. The number of nitrogens with one attached hydrogen (secondary N) is 1. The van der Waals surface area contributed by atoms with Crippen molar-refractivity contribution in [1.82, 2.24) is 24.7 Å². The zero-order valence-corrected chi connectivity index (χ0v) is 17.5. The molecule has 2 heterocycles. The molecule has 0 spiro atoms. The molecule has 0 fully saturated rings. The van der Waals surface area contributed by atoms with E-state index in [0.29, 0.717) is 34.3 Å². The number of rotatable bonds is 7. The Morgan fingerprint density at radius 1 is 1.20 bits per heavy atom. The Morgan fingerprint density at radius 2 is 1.97 bits per heavy atom.